The number of nitro benzene ring substituents is 2. The summed E-state index contributed by atoms with van der Waals surface area (Å²) in [6.07, 6.45) is 0. The third kappa shape index (κ3) is 13.7. The van der Waals surface area contributed by atoms with Crippen LogP contribution in [0.2, 0.25) is 0 Å². The number of nitro groups is 2. The number of hydrogen-bond acceptors (Lipinski definition) is 15. The van der Waals surface area contributed by atoms with E-state index in [4.69, 9.17) is 25.7 Å². The van der Waals surface area contributed by atoms with E-state index in [0.717, 1.165) is 100.0 Å². The van der Waals surface area contributed by atoms with Crippen molar-refractivity contribution in [1.29, 1.82) is 0 Å². The van der Waals surface area contributed by atoms with Gasteiger partial charge in [-0.3, -0.25) is 20.2 Å². The standard InChI is InChI=1S/C22H14N4O2S2.C16H11N3S2.C6H4FNO2.C4H9O.K/c27-26(28)15-10-8-14(9-11-15)23-16-4-1-5-17-20(16)25-22(19-7-3-13-30-19)21(24-17)18-6-2-12-29-18;17-10-4-1-5-11-14(10)19-16(13-7-3-9-21-13)15(18-11)12-6-2-8-20-12;7-5-1-3-6(4-2-5)8(9)10;1-4(2,3)5;/h1-13,23H;1-9H,17H2;1-4H;1-3H3;/q;;;-1;+1. The molecule has 3 N–H and O–H groups in total. The summed E-state index contributed by atoms with van der Waals surface area (Å²) in [5.74, 6) is -0.467. The summed E-state index contributed by atoms with van der Waals surface area (Å²) in [5.41, 5.74) is 14.1. The van der Waals surface area contributed by atoms with Crippen molar-refractivity contribution in [2.45, 2.75) is 26.4 Å². The first-order valence-corrected chi connectivity index (χ1v) is 23.4. The molecule has 0 saturated heterocycles. The second kappa shape index (κ2) is 23.3. The molecule has 0 unspecified atom stereocenters. The van der Waals surface area contributed by atoms with E-state index in [1.807, 2.05) is 82.9 Å². The quantitative estimate of drug-likeness (QED) is 0.0635. The first-order chi connectivity index (χ1) is 31.7. The van der Waals surface area contributed by atoms with Crippen LogP contribution in [0.5, 0.6) is 0 Å². The van der Waals surface area contributed by atoms with Gasteiger partial charge in [0.2, 0.25) is 0 Å². The number of para-hydroxylation sites is 2. The number of benzene rings is 4. The number of nitrogen functional groups attached to an aromatic ring is 1. The number of fused-ring (bicyclic) bond motifs is 2. The molecule has 0 aliphatic rings. The molecule has 10 rings (SSSR count). The molecule has 0 bridgehead atoms. The van der Waals surface area contributed by atoms with Crippen LogP contribution in [0.25, 0.3) is 64.4 Å². The average Bonchev–Trinajstić information content (AvgIpc) is 4.16. The van der Waals surface area contributed by atoms with Crippen molar-refractivity contribution in [3.63, 3.8) is 0 Å². The number of halogens is 1. The molecule has 4 aromatic carbocycles. The number of anilines is 3. The topological polar surface area (TPSA) is 199 Å². The van der Waals surface area contributed by atoms with E-state index in [1.54, 1.807) is 78.3 Å². The number of nitrogens with zero attached hydrogens (tertiary/aromatic N) is 6. The predicted molar refractivity (Wildman–Crippen MR) is 266 cm³/mol. The normalized spacial score (nSPS) is 10.6. The summed E-state index contributed by atoms with van der Waals surface area (Å²) in [6, 6.07) is 38.5. The van der Waals surface area contributed by atoms with Crippen molar-refractivity contribution < 1.29 is 70.7 Å². The van der Waals surface area contributed by atoms with Gasteiger partial charge in [-0.1, -0.05) is 57.2 Å². The fourth-order valence-electron chi connectivity index (χ4n) is 6.00. The molecule has 67 heavy (non-hydrogen) atoms. The van der Waals surface area contributed by atoms with E-state index in [0.29, 0.717) is 5.69 Å². The largest absolute Gasteiger partial charge is 1.00 e. The van der Waals surface area contributed by atoms with Gasteiger partial charge in [-0.15, -0.1) is 50.9 Å². The van der Waals surface area contributed by atoms with E-state index in [9.17, 15) is 29.7 Å². The molecule has 0 atom stereocenters. The Kier molecular flexibility index (Phi) is 17.7. The van der Waals surface area contributed by atoms with Crippen molar-refractivity contribution >= 4 is 95.9 Å². The maximum absolute atomic E-state index is 12.1. The van der Waals surface area contributed by atoms with Gasteiger partial charge in [0, 0.05) is 30.0 Å². The van der Waals surface area contributed by atoms with Gasteiger partial charge in [-0.25, -0.2) is 24.3 Å². The molecule has 6 aromatic heterocycles. The van der Waals surface area contributed by atoms with Crippen LogP contribution in [0.4, 0.5) is 32.8 Å². The van der Waals surface area contributed by atoms with E-state index < -0.39 is 21.3 Å². The number of aromatic nitrogens is 4. The average molecular weight is 993 g/mol. The Morgan fingerprint density at radius 3 is 1.31 bits per heavy atom. The van der Waals surface area contributed by atoms with E-state index in [-0.39, 0.29) is 62.8 Å². The number of non-ortho nitro benzene ring substituents is 2. The molecule has 13 nitrogen and oxygen atoms in total. The van der Waals surface area contributed by atoms with Crippen LogP contribution in [0.3, 0.4) is 0 Å². The maximum atomic E-state index is 12.1. The van der Waals surface area contributed by atoms with Crippen LogP contribution in [0.15, 0.2) is 155 Å². The number of nitrogens with two attached hydrogens (primary N) is 1. The summed E-state index contributed by atoms with van der Waals surface area (Å²) in [4.78, 5) is 43.8. The minimum absolute atomic E-state index is 0. The molecule has 10 aromatic rings. The van der Waals surface area contributed by atoms with Gasteiger partial charge in [-0.05, 0) is 94.3 Å². The third-order valence-electron chi connectivity index (χ3n) is 8.83. The maximum Gasteiger partial charge on any atom is 1.00 e. The summed E-state index contributed by atoms with van der Waals surface area (Å²) >= 11 is 6.60. The molecular formula is C48H38FKN8O5S4. The van der Waals surface area contributed by atoms with Gasteiger partial charge >= 0.3 is 51.4 Å². The van der Waals surface area contributed by atoms with Gasteiger partial charge in [0.05, 0.1) is 51.8 Å². The Morgan fingerprint density at radius 1 is 0.537 bits per heavy atom. The smallest absolute Gasteiger partial charge is 0.850 e. The molecule has 0 aliphatic heterocycles. The zero-order valence-corrected chi connectivity index (χ0v) is 42.7. The van der Waals surface area contributed by atoms with Crippen LogP contribution in [0, 0.1) is 26.0 Å². The Labute approximate surface area is 442 Å². The van der Waals surface area contributed by atoms with E-state index >= 15 is 0 Å². The molecule has 0 radical (unpaired) electrons. The first-order valence-electron chi connectivity index (χ1n) is 19.9. The van der Waals surface area contributed by atoms with Gasteiger partial charge < -0.3 is 16.2 Å². The van der Waals surface area contributed by atoms with Gasteiger partial charge in [0.1, 0.15) is 39.6 Å². The van der Waals surface area contributed by atoms with E-state index in [2.05, 4.69) is 28.9 Å². The third-order valence-corrected chi connectivity index (χ3v) is 12.3. The van der Waals surface area contributed by atoms with Gasteiger partial charge in [-0.2, -0.15) is 0 Å². The number of thiophene rings is 4. The van der Waals surface area contributed by atoms with Crippen molar-refractivity contribution in [2.24, 2.45) is 0 Å². The zero-order chi connectivity index (χ0) is 46.8. The van der Waals surface area contributed by atoms with Crippen molar-refractivity contribution in [1.82, 2.24) is 19.9 Å². The molecule has 332 valence electrons. The minimum atomic E-state index is -0.750. The summed E-state index contributed by atoms with van der Waals surface area (Å²) in [7, 11) is 0. The Morgan fingerprint density at radius 2 is 0.910 bits per heavy atom. The molecular weight excluding hydrogens is 955 g/mol. The van der Waals surface area contributed by atoms with Crippen molar-refractivity contribution in [3.8, 4) is 42.3 Å². The molecule has 19 heteroatoms. The van der Waals surface area contributed by atoms with Crippen LogP contribution in [0.1, 0.15) is 20.8 Å². The molecule has 0 spiro atoms. The zero-order valence-electron chi connectivity index (χ0n) is 36.3. The number of nitrogens with one attached hydrogen (secondary N) is 1. The number of rotatable bonds is 8. The number of hydrogen-bond donors (Lipinski definition) is 2. The van der Waals surface area contributed by atoms with Crippen LogP contribution in [-0.4, -0.2) is 35.4 Å². The van der Waals surface area contributed by atoms with Crippen molar-refractivity contribution in [2.75, 3.05) is 11.1 Å². The van der Waals surface area contributed by atoms with Crippen molar-refractivity contribution in [3.05, 3.63) is 181 Å². The summed E-state index contributed by atoms with van der Waals surface area (Å²) in [6.45, 7) is 4.90. The van der Waals surface area contributed by atoms with Crippen LogP contribution >= 0.6 is 45.3 Å². The summed E-state index contributed by atoms with van der Waals surface area (Å²) < 4.78 is 12.1. The SMILES string of the molecule is CC(C)(C)[O-].Nc1cccc2nc(-c3cccs3)c(-c3cccs3)nc12.O=[N+]([O-])c1ccc(F)cc1.O=[N+]([O-])c1ccc(Nc2cccc3nc(-c4cccs4)c(-c4cccs4)nc23)cc1.[K+]. The van der Waals surface area contributed by atoms with Crippen LogP contribution in [-0.2, 0) is 0 Å². The van der Waals surface area contributed by atoms with E-state index in [1.165, 1.54) is 12.1 Å². The summed E-state index contributed by atoms with van der Waals surface area (Å²) in [5, 5.41) is 42.5. The molecule has 0 aliphatic carbocycles. The Hall–Kier alpha value is -5.71. The first kappa shape index (κ1) is 50.7. The van der Waals surface area contributed by atoms with Gasteiger partial charge in [0.15, 0.2) is 0 Å². The molecule has 0 fully saturated rings. The second-order valence-corrected chi connectivity index (χ2v) is 18.7. The monoisotopic (exact) mass is 992 g/mol. The van der Waals surface area contributed by atoms with Gasteiger partial charge in [0.25, 0.3) is 11.4 Å². The molecule has 0 saturated carbocycles. The van der Waals surface area contributed by atoms with Crippen LogP contribution < -0.4 is 67.5 Å². The Bertz CT molecular complexity index is 3180. The molecule has 0 amide bonds. The molecule has 6 heterocycles. The second-order valence-electron chi connectivity index (χ2n) is 14.9. The fraction of sp³-hybridized carbons (Fsp3) is 0.0833. The Balaban J connectivity index is 0.000000173. The predicted octanol–water partition coefficient (Wildman–Crippen LogP) is 10.3. The minimum Gasteiger partial charge on any atom is -0.850 e. The fourth-order valence-corrected chi connectivity index (χ4v) is 8.86.